The summed E-state index contributed by atoms with van der Waals surface area (Å²) >= 11 is 0. The highest BCUT2D eigenvalue weighted by Gasteiger charge is 2.06. The zero-order chi connectivity index (χ0) is 12.3. The van der Waals surface area contributed by atoms with E-state index in [1.54, 1.807) is 7.05 Å². The molecule has 2 rings (SSSR count). The molecule has 2 N–H and O–H groups in total. The van der Waals surface area contributed by atoms with Gasteiger partial charge in [0.2, 0.25) is 5.95 Å². The van der Waals surface area contributed by atoms with E-state index in [1.807, 2.05) is 31.2 Å². The van der Waals surface area contributed by atoms with Crippen LogP contribution in [0.1, 0.15) is 5.56 Å². The van der Waals surface area contributed by atoms with Crippen LogP contribution in [0.2, 0.25) is 0 Å². The van der Waals surface area contributed by atoms with Gasteiger partial charge in [0.05, 0.1) is 6.20 Å². The number of aromatic nitrogens is 2. The normalized spacial score (nSPS) is 10.1. The van der Waals surface area contributed by atoms with Gasteiger partial charge in [-0.05, 0) is 24.6 Å². The van der Waals surface area contributed by atoms with Gasteiger partial charge >= 0.3 is 0 Å². The first kappa shape index (κ1) is 11.3. The fraction of sp³-hybridized carbons (Fsp3) is 0.167. The number of halogens is 1. The third-order valence-corrected chi connectivity index (χ3v) is 2.25. The Morgan fingerprint density at radius 1 is 1.29 bits per heavy atom. The minimum Gasteiger partial charge on any atom is -0.357 e. The van der Waals surface area contributed by atoms with E-state index in [-0.39, 0.29) is 5.82 Å². The van der Waals surface area contributed by atoms with Crippen molar-refractivity contribution < 1.29 is 4.39 Å². The standard InChI is InChI=1S/C12H13FN4/c1-8-4-3-5-9(6-8)16-11-10(13)7-15-12(14-2)17-11/h3-7H,1-2H3,(H2,14,15,16,17). The molecule has 0 unspecified atom stereocenters. The van der Waals surface area contributed by atoms with E-state index in [4.69, 9.17) is 0 Å². The Labute approximate surface area is 98.9 Å². The minimum absolute atomic E-state index is 0.162. The summed E-state index contributed by atoms with van der Waals surface area (Å²) in [5, 5.41) is 5.68. The van der Waals surface area contributed by atoms with Crippen LogP contribution in [0.5, 0.6) is 0 Å². The molecule has 0 bridgehead atoms. The van der Waals surface area contributed by atoms with E-state index in [0.29, 0.717) is 5.95 Å². The summed E-state index contributed by atoms with van der Waals surface area (Å²) in [4.78, 5) is 7.79. The fourth-order valence-corrected chi connectivity index (χ4v) is 1.43. The van der Waals surface area contributed by atoms with Crippen molar-refractivity contribution in [3.05, 3.63) is 41.8 Å². The maximum Gasteiger partial charge on any atom is 0.224 e. The monoisotopic (exact) mass is 232 g/mol. The fourth-order valence-electron chi connectivity index (χ4n) is 1.43. The van der Waals surface area contributed by atoms with E-state index in [1.165, 1.54) is 0 Å². The average Bonchev–Trinajstić information content (AvgIpc) is 2.32. The van der Waals surface area contributed by atoms with Gasteiger partial charge in [-0.15, -0.1) is 0 Å². The molecule has 0 atom stereocenters. The molecule has 0 aliphatic carbocycles. The van der Waals surface area contributed by atoms with Crippen molar-refractivity contribution in [2.75, 3.05) is 17.7 Å². The molecule has 88 valence electrons. The Morgan fingerprint density at radius 2 is 2.12 bits per heavy atom. The van der Waals surface area contributed by atoms with Crippen LogP contribution in [-0.4, -0.2) is 17.0 Å². The Kier molecular flexibility index (Phi) is 3.18. The van der Waals surface area contributed by atoms with Gasteiger partial charge in [-0.25, -0.2) is 9.37 Å². The molecule has 1 aromatic heterocycles. The van der Waals surface area contributed by atoms with Crippen LogP contribution in [0.4, 0.5) is 21.8 Å². The van der Waals surface area contributed by atoms with Crippen molar-refractivity contribution in [1.29, 1.82) is 0 Å². The van der Waals surface area contributed by atoms with Crippen molar-refractivity contribution >= 4 is 17.5 Å². The molecule has 0 spiro atoms. The number of aryl methyl sites for hydroxylation is 1. The van der Waals surface area contributed by atoms with E-state index in [0.717, 1.165) is 17.4 Å². The number of benzene rings is 1. The summed E-state index contributed by atoms with van der Waals surface area (Å²) in [6, 6.07) is 7.64. The van der Waals surface area contributed by atoms with Crippen molar-refractivity contribution in [3.8, 4) is 0 Å². The SMILES string of the molecule is CNc1ncc(F)c(Nc2cccc(C)c2)n1. The summed E-state index contributed by atoms with van der Waals surface area (Å²) in [6.07, 6.45) is 1.14. The number of nitrogens with one attached hydrogen (secondary N) is 2. The molecule has 0 saturated heterocycles. The maximum absolute atomic E-state index is 13.5. The Morgan fingerprint density at radius 3 is 2.82 bits per heavy atom. The van der Waals surface area contributed by atoms with Crippen LogP contribution in [0.15, 0.2) is 30.5 Å². The molecule has 0 saturated carbocycles. The molecule has 0 aliphatic rings. The maximum atomic E-state index is 13.5. The third-order valence-electron chi connectivity index (χ3n) is 2.25. The number of rotatable bonds is 3. The van der Waals surface area contributed by atoms with Gasteiger partial charge in [-0.2, -0.15) is 4.98 Å². The average molecular weight is 232 g/mol. The first-order valence-electron chi connectivity index (χ1n) is 5.23. The molecule has 2 aromatic rings. The van der Waals surface area contributed by atoms with Crippen LogP contribution >= 0.6 is 0 Å². The van der Waals surface area contributed by atoms with Gasteiger partial charge in [0, 0.05) is 12.7 Å². The number of anilines is 3. The van der Waals surface area contributed by atoms with Gasteiger partial charge in [0.15, 0.2) is 11.6 Å². The summed E-state index contributed by atoms with van der Waals surface area (Å²) in [5.41, 5.74) is 1.89. The summed E-state index contributed by atoms with van der Waals surface area (Å²) in [7, 11) is 1.68. The number of nitrogens with zero attached hydrogens (tertiary/aromatic N) is 2. The topological polar surface area (TPSA) is 49.8 Å². The highest BCUT2D eigenvalue weighted by molar-refractivity contribution is 5.58. The van der Waals surface area contributed by atoms with Crippen LogP contribution < -0.4 is 10.6 Å². The first-order chi connectivity index (χ1) is 8.19. The smallest absolute Gasteiger partial charge is 0.224 e. The molecule has 0 amide bonds. The zero-order valence-corrected chi connectivity index (χ0v) is 9.66. The molecular formula is C12H13FN4. The first-order valence-corrected chi connectivity index (χ1v) is 5.23. The van der Waals surface area contributed by atoms with Crippen molar-refractivity contribution in [3.63, 3.8) is 0 Å². The highest BCUT2D eigenvalue weighted by atomic mass is 19.1. The largest absolute Gasteiger partial charge is 0.357 e. The van der Waals surface area contributed by atoms with Crippen molar-refractivity contribution in [1.82, 2.24) is 9.97 Å². The lowest BCUT2D eigenvalue weighted by Gasteiger charge is -2.08. The quantitative estimate of drug-likeness (QED) is 0.854. The molecule has 5 heteroatoms. The van der Waals surface area contributed by atoms with Crippen molar-refractivity contribution in [2.24, 2.45) is 0 Å². The lowest BCUT2D eigenvalue weighted by Crippen LogP contribution is -2.03. The molecular weight excluding hydrogens is 219 g/mol. The molecule has 0 fully saturated rings. The van der Waals surface area contributed by atoms with Crippen LogP contribution in [0.25, 0.3) is 0 Å². The highest BCUT2D eigenvalue weighted by Crippen LogP contribution is 2.19. The van der Waals surface area contributed by atoms with Crippen LogP contribution in [0.3, 0.4) is 0 Å². The Balaban J connectivity index is 2.29. The zero-order valence-electron chi connectivity index (χ0n) is 9.66. The third kappa shape index (κ3) is 2.69. The van der Waals surface area contributed by atoms with Crippen LogP contribution in [-0.2, 0) is 0 Å². The van der Waals surface area contributed by atoms with E-state index < -0.39 is 5.82 Å². The number of hydrogen-bond acceptors (Lipinski definition) is 4. The van der Waals surface area contributed by atoms with Gasteiger partial charge in [0.1, 0.15) is 0 Å². The van der Waals surface area contributed by atoms with Crippen molar-refractivity contribution in [2.45, 2.75) is 6.92 Å². The second-order valence-corrected chi connectivity index (χ2v) is 3.63. The Hall–Kier alpha value is -2.17. The minimum atomic E-state index is -0.481. The van der Waals surface area contributed by atoms with Gasteiger partial charge in [-0.1, -0.05) is 12.1 Å². The lowest BCUT2D eigenvalue weighted by atomic mass is 10.2. The van der Waals surface area contributed by atoms with E-state index in [9.17, 15) is 4.39 Å². The second-order valence-electron chi connectivity index (χ2n) is 3.63. The molecule has 0 aliphatic heterocycles. The predicted octanol–water partition coefficient (Wildman–Crippen LogP) is 2.71. The van der Waals surface area contributed by atoms with E-state index in [2.05, 4.69) is 20.6 Å². The summed E-state index contributed by atoms with van der Waals surface area (Å²) in [5.74, 6) is 0.0574. The molecule has 1 aromatic carbocycles. The van der Waals surface area contributed by atoms with Gasteiger partial charge in [0.25, 0.3) is 0 Å². The molecule has 4 nitrogen and oxygen atoms in total. The summed E-state index contributed by atoms with van der Waals surface area (Å²) in [6.45, 7) is 1.97. The van der Waals surface area contributed by atoms with Gasteiger partial charge in [-0.3, -0.25) is 0 Å². The summed E-state index contributed by atoms with van der Waals surface area (Å²) < 4.78 is 13.5. The van der Waals surface area contributed by atoms with Crippen LogP contribution in [0, 0.1) is 12.7 Å². The molecule has 1 heterocycles. The van der Waals surface area contributed by atoms with Gasteiger partial charge < -0.3 is 10.6 Å². The predicted molar refractivity (Wildman–Crippen MR) is 66.0 cm³/mol. The second kappa shape index (κ2) is 4.78. The molecule has 17 heavy (non-hydrogen) atoms. The van der Waals surface area contributed by atoms with E-state index >= 15 is 0 Å². The lowest BCUT2D eigenvalue weighted by molar-refractivity contribution is 0.619. The number of hydrogen-bond donors (Lipinski definition) is 2. The Bertz CT molecular complexity index is 528. The molecule has 0 radical (unpaired) electrons.